The van der Waals surface area contributed by atoms with Gasteiger partial charge in [0.2, 0.25) is 0 Å². The lowest BCUT2D eigenvalue weighted by Gasteiger charge is -2.32. The van der Waals surface area contributed by atoms with Crippen molar-refractivity contribution in [1.82, 2.24) is 5.32 Å². The third-order valence-corrected chi connectivity index (χ3v) is 5.07. The molecule has 0 heterocycles. The number of nitrogens with one attached hydrogen (secondary N) is 1. The quantitative estimate of drug-likeness (QED) is 0.579. The zero-order valence-corrected chi connectivity index (χ0v) is 11.9. The van der Waals surface area contributed by atoms with E-state index in [4.69, 9.17) is 0 Å². The van der Waals surface area contributed by atoms with E-state index in [0.29, 0.717) is 6.54 Å². The SMILES string of the molecule is CCC(CC)(CNCC(C)(CO)CO)SC. The maximum Gasteiger partial charge on any atom is 0.0518 e. The Morgan fingerprint density at radius 3 is 1.88 bits per heavy atom. The maximum atomic E-state index is 9.18. The van der Waals surface area contributed by atoms with E-state index in [9.17, 15) is 10.2 Å². The van der Waals surface area contributed by atoms with Crippen molar-refractivity contribution in [3.05, 3.63) is 0 Å². The first kappa shape index (κ1) is 16.2. The second-order valence-electron chi connectivity index (χ2n) is 4.82. The predicted octanol–water partition coefficient (Wildman–Crippen LogP) is 1.49. The Morgan fingerprint density at radius 1 is 1.06 bits per heavy atom. The largest absolute Gasteiger partial charge is 0.396 e. The van der Waals surface area contributed by atoms with Crippen molar-refractivity contribution in [2.75, 3.05) is 32.6 Å². The van der Waals surface area contributed by atoms with Crippen LogP contribution in [0.1, 0.15) is 33.6 Å². The zero-order valence-electron chi connectivity index (χ0n) is 11.0. The average Bonchev–Trinajstić information content (AvgIpc) is 2.35. The number of aliphatic hydroxyl groups excluding tert-OH is 2. The maximum absolute atomic E-state index is 9.18. The minimum atomic E-state index is -0.411. The molecule has 0 amide bonds. The molecule has 0 aromatic carbocycles. The number of thioether (sulfide) groups is 1. The van der Waals surface area contributed by atoms with Gasteiger partial charge >= 0.3 is 0 Å². The van der Waals surface area contributed by atoms with E-state index >= 15 is 0 Å². The van der Waals surface area contributed by atoms with Crippen LogP contribution in [-0.2, 0) is 0 Å². The number of hydrogen-bond donors (Lipinski definition) is 3. The van der Waals surface area contributed by atoms with Crippen LogP contribution in [0.15, 0.2) is 0 Å². The molecule has 98 valence electrons. The second-order valence-corrected chi connectivity index (χ2v) is 6.10. The Bertz CT molecular complexity index is 172. The molecular formula is C12H27NO2S. The van der Waals surface area contributed by atoms with Gasteiger partial charge in [0.15, 0.2) is 0 Å². The van der Waals surface area contributed by atoms with Crippen molar-refractivity contribution in [2.24, 2.45) is 5.41 Å². The molecule has 4 heteroatoms. The molecule has 0 aliphatic heterocycles. The summed E-state index contributed by atoms with van der Waals surface area (Å²) in [4.78, 5) is 0. The fourth-order valence-corrected chi connectivity index (χ4v) is 2.44. The molecule has 0 saturated carbocycles. The molecule has 3 N–H and O–H groups in total. The Balaban J connectivity index is 4.13. The first-order valence-electron chi connectivity index (χ1n) is 5.99. The number of rotatable bonds is 9. The molecule has 0 radical (unpaired) electrons. The molecule has 0 aromatic heterocycles. The summed E-state index contributed by atoms with van der Waals surface area (Å²) >= 11 is 1.90. The number of aliphatic hydroxyl groups is 2. The van der Waals surface area contributed by atoms with E-state index in [1.54, 1.807) is 0 Å². The highest BCUT2D eigenvalue weighted by molar-refractivity contribution is 8.00. The highest BCUT2D eigenvalue weighted by atomic mass is 32.2. The van der Waals surface area contributed by atoms with Crippen LogP contribution < -0.4 is 5.32 Å². The Labute approximate surface area is 104 Å². The van der Waals surface area contributed by atoms with Crippen LogP contribution in [0.3, 0.4) is 0 Å². The van der Waals surface area contributed by atoms with Crippen LogP contribution in [0.4, 0.5) is 0 Å². The number of hydrogen-bond acceptors (Lipinski definition) is 4. The highest BCUT2D eigenvalue weighted by Crippen LogP contribution is 2.29. The summed E-state index contributed by atoms with van der Waals surface area (Å²) in [6.07, 6.45) is 4.41. The van der Waals surface area contributed by atoms with Crippen LogP contribution in [-0.4, -0.2) is 47.5 Å². The van der Waals surface area contributed by atoms with Crippen LogP contribution in [0.25, 0.3) is 0 Å². The second kappa shape index (κ2) is 7.54. The molecule has 0 fully saturated rings. The molecule has 0 atom stereocenters. The van der Waals surface area contributed by atoms with Gasteiger partial charge < -0.3 is 15.5 Å². The summed E-state index contributed by atoms with van der Waals surface area (Å²) in [5.74, 6) is 0. The van der Waals surface area contributed by atoms with Crippen molar-refractivity contribution < 1.29 is 10.2 Å². The standard InChI is InChI=1S/C12H27NO2S/c1-5-12(6-2,16-4)8-13-7-11(3,9-14)10-15/h13-15H,5-10H2,1-4H3. The molecule has 0 aliphatic rings. The van der Waals surface area contributed by atoms with Gasteiger partial charge in [0.25, 0.3) is 0 Å². The summed E-state index contributed by atoms with van der Waals surface area (Å²) in [7, 11) is 0. The molecule has 0 unspecified atom stereocenters. The molecule has 0 saturated heterocycles. The van der Waals surface area contributed by atoms with E-state index in [0.717, 1.165) is 19.4 Å². The van der Waals surface area contributed by atoms with E-state index in [-0.39, 0.29) is 18.0 Å². The molecule has 16 heavy (non-hydrogen) atoms. The fraction of sp³-hybridized carbons (Fsp3) is 1.00. The minimum Gasteiger partial charge on any atom is -0.396 e. The first-order chi connectivity index (χ1) is 7.51. The summed E-state index contributed by atoms with van der Waals surface area (Å²) in [5, 5.41) is 21.7. The lowest BCUT2D eigenvalue weighted by Crippen LogP contribution is -2.44. The van der Waals surface area contributed by atoms with Crippen LogP contribution in [0, 0.1) is 5.41 Å². The van der Waals surface area contributed by atoms with Gasteiger partial charge in [-0.25, -0.2) is 0 Å². The van der Waals surface area contributed by atoms with Gasteiger partial charge in [0.1, 0.15) is 0 Å². The smallest absolute Gasteiger partial charge is 0.0518 e. The summed E-state index contributed by atoms with van der Waals surface area (Å²) in [5.41, 5.74) is -0.411. The Morgan fingerprint density at radius 2 is 1.56 bits per heavy atom. The van der Waals surface area contributed by atoms with Crippen molar-refractivity contribution in [3.63, 3.8) is 0 Å². The molecule has 0 rings (SSSR count). The summed E-state index contributed by atoms with van der Waals surface area (Å²) in [6.45, 7) is 7.91. The molecular weight excluding hydrogens is 222 g/mol. The van der Waals surface area contributed by atoms with Gasteiger partial charge in [-0.15, -0.1) is 0 Å². The van der Waals surface area contributed by atoms with Crippen molar-refractivity contribution in [3.8, 4) is 0 Å². The first-order valence-corrected chi connectivity index (χ1v) is 7.21. The van der Waals surface area contributed by atoms with Crippen LogP contribution >= 0.6 is 11.8 Å². The molecule has 0 aliphatic carbocycles. The zero-order chi connectivity index (χ0) is 12.7. The van der Waals surface area contributed by atoms with Crippen molar-refractivity contribution in [2.45, 2.75) is 38.4 Å². The van der Waals surface area contributed by atoms with Gasteiger partial charge in [-0.1, -0.05) is 20.8 Å². The third-order valence-electron chi connectivity index (χ3n) is 3.48. The van der Waals surface area contributed by atoms with E-state index in [1.165, 1.54) is 0 Å². The van der Waals surface area contributed by atoms with E-state index < -0.39 is 5.41 Å². The fourth-order valence-electron chi connectivity index (χ4n) is 1.61. The Hall–Kier alpha value is 0.230. The minimum absolute atomic E-state index is 0.0149. The monoisotopic (exact) mass is 249 g/mol. The van der Waals surface area contributed by atoms with Gasteiger partial charge in [-0.2, -0.15) is 11.8 Å². The summed E-state index contributed by atoms with van der Waals surface area (Å²) < 4.78 is 0.284. The topological polar surface area (TPSA) is 52.5 Å². The van der Waals surface area contributed by atoms with Crippen molar-refractivity contribution in [1.29, 1.82) is 0 Å². The molecule has 0 spiro atoms. The lowest BCUT2D eigenvalue weighted by molar-refractivity contribution is 0.0693. The molecule has 0 bridgehead atoms. The lowest BCUT2D eigenvalue weighted by atomic mass is 9.92. The molecule has 0 aromatic rings. The van der Waals surface area contributed by atoms with E-state index in [2.05, 4.69) is 25.4 Å². The van der Waals surface area contributed by atoms with Crippen molar-refractivity contribution >= 4 is 11.8 Å². The highest BCUT2D eigenvalue weighted by Gasteiger charge is 2.27. The van der Waals surface area contributed by atoms with Gasteiger partial charge in [-0.3, -0.25) is 0 Å². The normalized spacial score (nSPS) is 13.1. The predicted molar refractivity (Wildman–Crippen MR) is 72.0 cm³/mol. The summed E-state index contributed by atoms with van der Waals surface area (Å²) in [6, 6.07) is 0. The average molecular weight is 249 g/mol. The third kappa shape index (κ3) is 4.62. The van der Waals surface area contributed by atoms with Crippen LogP contribution in [0.2, 0.25) is 0 Å². The van der Waals surface area contributed by atoms with E-state index in [1.807, 2.05) is 18.7 Å². The van der Waals surface area contributed by atoms with Crippen LogP contribution in [0.5, 0.6) is 0 Å². The Kier molecular flexibility index (Phi) is 7.64. The van der Waals surface area contributed by atoms with Gasteiger partial charge in [0, 0.05) is 23.3 Å². The molecule has 3 nitrogen and oxygen atoms in total. The van der Waals surface area contributed by atoms with Gasteiger partial charge in [0.05, 0.1) is 13.2 Å². The van der Waals surface area contributed by atoms with Gasteiger partial charge in [-0.05, 0) is 19.1 Å².